The standard InChI is InChI=1S/C24H33N3O3S/c1-25-24(27-18-16-20-9-13-23(14-10-20)31(2,28)29)26-17-15-19-7-11-22(12-8-19)30-21-5-3-4-6-21/h7-14,21H,3-6,15-18H2,1-2H3,(H2,25,26,27). The lowest BCUT2D eigenvalue weighted by atomic mass is 10.1. The Hall–Kier alpha value is -2.54. The molecule has 0 amide bonds. The normalized spacial score (nSPS) is 15.1. The fraction of sp³-hybridized carbons (Fsp3) is 0.458. The molecule has 0 heterocycles. The predicted octanol–water partition coefficient (Wildman–Crippen LogP) is 3.36. The van der Waals surface area contributed by atoms with Crippen LogP contribution in [0, 0.1) is 0 Å². The van der Waals surface area contributed by atoms with Crippen LogP contribution in [-0.2, 0) is 22.7 Å². The van der Waals surface area contributed by atoms with Crippen molar-refractivity contribution in [1.29, 1.82) is 0 Å². The van der Waals surface area contributed by atoms with Crippen LogP contribution >= 0.6 is 0 Å². The van der Waals surface area contributed by atoms with Crippen LogP contribution in [-0.4, -0.2) is 46.9 Å². The molecule has 1 aliphatic rings. The number of hydrogen-bond acceptors (Lipinski definition) is 4. The van der Waals surface area contributed by atoms with Crippen LogP contribution in [0.15, 0.2) is 58.4 Å². The van der Waals surface area contributed by atoms with Crippen LogP contribution in [0.1, 0.15) is 36.8 Å². The van der Waals surface area contributed by atoms with Crippen LogP contribution in [0.5, 0.6) is 5.75 Å². The lowest BCUT2D eigenvalue weighted by molar-refractivity contribution is 0.210. The number of nitrogens with one attached hydrogen (secondary N) is 2. The molecular formula is C24H33N3O3S. The van der Waals surface area contributed by atoms with Gasteiger partial charge in [-0.1, -0.05) is 24.3 Å². The van der Waals surface area contributed by atoms with E-state index in [1.165, 1.54) is 37.5 Å². The van der Waals surface area contributed by atoms with E-state index in [0.717, 1.165) is 36.7 Å². The van der Waals surface area contributed by atoms with Crippen LogP contribution in [0.3, 0.4) is 0 Å². The van der Waals surface area contributed by atoms with Gasteiger partial charge in [0.15, 0.2) is 15.8 Å². The van der Waals surface area contributed by atoms with Crippen molar-refractivity contribution < 1.29 is 13.2 Å². The first-order chi connectivity index (χ1) is 14.9. The molecule has 1 fully saturated rings. The smallest absolute Gasteiger partial charge is 0.190 e. The van der Waals surface area contributed by atoms with Gasteiger partial charge in [-0.2, -0.15) is 0 Å². The summed E-state index contributed by atoms with van der Waals surface area (Å²) in [7, 11) is -1.40. The molecule has 3 rings (SSSR count). The first-order valence-corrected chi connectivity index (χ1v) is 12.8. The summed E-state index contributed by atoms with van der Waals surface area (Å²) in [6.07, 6.45) is 8.19. The first kappa shape index (κ1) is 23.1. The van der Waals surface area contributed by atoms with Gasteiger partial charge in [0, 0.05) is 26.4 Å². The summed E-state index contributed by atoms with van der Waals surface area (Å²) in [5.41, 5.74) is 2.34. The molecule has 7 heteroatoms. The highest BCUT2D eigenvalue weighted by Crippen LogP contribution is 2.24. The first-order valence-electron chi connectivity index (χ1n) is 10.9. The molecule has 0 radical (unpaired) electrons. The molecule has 0 saturated heterocycles. The van der Waals surface area contributed by atoms with Crippen molar-refractivity contribution in [2.24, 2.45) is 4.99 Å². The Morgan fingerprint density at radius 1 is 0.935 bits per heavy atom. The van der Waals surface area contributed by atoms with Crippen LogP contribution in [0.2, 0.25) is 0 Å². The zero-order valence-corrected chi connectivity index (χ0v) is 19.2. The van der Waals surface area contributed by atoms with Crippen LogP contribution in [0.25, 0.3) is 0 Å². The minimum absolute atomic E-state index is 0.347. The van der Waals surface area contributed by atoms with Gasteiger partial charge >= 0.3 is 0 Å². The van der Waals surface area contributed by atoms with E-state index in [1.807, 2.05) is 12.1 Å². The highest BCUT2D eigenvalue weighted by atomic mass is 32.2. The molecule has 2 aromatic carbocycles. The van der Waals surface area contributed by atoms with Crippen LogP contribution < -0.4 is 15.4 Å². The monoisotopic (exact) mass is 443 g/mol. The zero-order valence-electron chi connectivity index (χ0n) is 18.4. The van der Waals surface area contributed by atoms with Crippen molar-refractivity contribution >= 4 is 15.8 Å². The molecule has 0 bridgehead atoms. The number of ether oxygens (including phenoxy) is 1. The molecule has 31 heavy (non-hydrogen) atoms. The second kappa shape index (κ2) is 11.2. The van der Waals surface area contributed by atoms with Gasteiger partial charge in [-0.15, -0.1) is 0 Å². The molecule has 0 unspecified atom stereocenters. The Morgan fingerprint density at radius 3 is 1.94 bits per heavy atom. The average Bonchev–Trinajstić information content (AvgIpc) is 3.26. The minimum Gasteiger partial charge on any atom is -0.490 e. The Bertz CT molecular complexity index is 949. The summed E-state index contributed by atoms with van der Waals surface area (Å²) < 4.78 is 29.1. The van der Waals surface area contributed by atoms with Crippen molar-refractivity contribution in [1.82, 2.24) is 10.6 Å². The van der Waals surface area contributed by atoms with E-state index in [9.17, 15) is 8.42 Å². The minimum atomic E-state index is -3.15. The molecule has 2 N–H and O–H groups in total. The molecule has 2 aromatic rings. The molecule has 0 aromatic heterocycles. The molecule has 0 atom stereocenters. The van der Waals surface area contributed by atoms with Gasteiger partial charge in [0.05, 0.1) is 11.0 Å². The zero-order chi connectivity index (χ0) is 22.1. The number of rotatable bonds is 9. The van der Waals surface area contributed by atoms with E-state index in [1.54, 1.807) is 19.2 Å². The van der Waals surface area contributed by atoms with Gasteiger partial charge in [0.2, 0.25) is 0 Å². The van der Waals surface area contributed by atoms with Gasteiger partial charge in [-0.3, -0.25) is 4.99 Å². The third kappa shape index (κ3) is 7.58. The van der Waals surface area contributed by atoms with Gasteiger partial charge < -0.3 is 15.4 Å². The van der Waals surface area contributed by atoms with E-state index < -0.39 is 9.84 Å². The number of hydrogen-bond donors (Lipinski definition) is 2. The summed E-state index contributed by atoms with van der Waals surface area (Å²) in [4.78, 5) is 4.61. The maximum Gasteiger partial charge on any atom is 0.190 e. The summed E-state index contributed by atoms with van der Waals surface area (Å²) in [6, 6.07) is 15.4. The van der Waals surface area contributed by atoms with Gasteiger partial charge in [-0.25, -0.2) is 8.42 Å². The van der Waals surface area contributed by atoms with E-state index in [2.05, 4.69) is 39.9 Å². The second-order valence-electron chi connectivity index (χ2n) is 8.01. The lowest BCUT2D eigenvalue weighted by Crippen LogP contribution is -2.39. The summed E-state index contributed by atoms with van der Waals surface area (Å²) in [5, 5.41) is 6.63. The fourth-order valence-corrected chi connectivity index (χ4v) is 4.34. The predicted molar refractivity (Wildman–Crippen MR) is 126 cm³/mol. The third-order valence-electron chi connectivity index (χ3n) is 5.52. The lowest BCUT2D eigenvalue weighted by Gasteiger charge is -2.14. The number of nitrogens with zero attached hydrogens (tertiary/aromatic N) is 1. The molecule has 0 spiro atoms. The Balaban J connectivity index is 1.36. The fourth-order valence-electron chi connectivity index (χ4n) is 3.71. The molecule has 1 saturated carbocycles. The van der Waals surface area contributed by atoms with E-state index in [0.29, 0.717) is 17.5 Å². The highest BCUT2D eigenvalue weighted by Gasteiger charge is 2.16. The van der Waals surface area contributed by atoms with E-state index in [-0.39, 0.29) is 0 Å². The third-order valence-corrected chi connectivity index (χ3v) is 6.64. The molecule has 0 aliphatic heterocycles. The number of guanidine groups is 1. The quantitative estimate of drug-likeness (QED) is 0.459. The number of benzene rings is 2. The number of sulfone groups is 1. The van der Waals surface area contributed by atoms with Gasteiger partial charge in [0.25, 0.3) is 0 Å². The second-order valence-corrected chi connectivity index (χ2v) is 10.0. The molecular weight excluding hydrogens is 410 g/mol. The molecule has 1 aliphatic carbocycles. The van der Waals surface area contributed by atoms with Crippen molar-refractivity contribution in [3.63, 3.8) is 0 Å². The van der Waals surface area contributed by atoms with Gasteiger partial charge in [-0.05, 0) is 73.9 Å². The van der Waals surface area contributed by atoms with Gasteiger partial charge in [0.1, 0.15) is 5.75 Å². The van der Waals surface area contributed by atoms with Crippen molar-refractivity contribution in [3.05, 3.63) is 59.7 Å². The summed E-state index contributed by atoms with van der Waals surface area (Å²) in [6.45, 7) is 1.50. The average molecular weight is 444 g/mol. The Morgan fingerprint density at radius 2 is 1.45 bits per heavy atom. The maximum absolute atomic E-state index is 11.5. The number of aliphatic imine (C=N–C) groups is 1. The van der Waals surface area contributed by atoms with E-state index >= 15 is 0 Å². The maximum atomic E-state index is 11.5. The summed E-state index contributed by atoms with van der Waals surface area (Å²) >= 11 is 0. The molecule has 6 nitrogen and oxygen atoms in total. The van der Waals surface area contributed by atoms with E-state index in [4.69, 9.17) is 4.74 Å². The molecule has 168 valence electrons. The van der Waals surface area contributed by atoms with Crippen molar-refractivity contribution in [2.75, 3.05) is 26.4 Å². The topological polar surface area (TPSA) is 79.8 Å². The highest BCUT2D eigenvalue weighted by molar-refractivity contribution is 7.90. The van der Waals surface area contributed by atoms with Crippen molar-refractivity contribution in [2.45, 2.75) is 49.5 Å². The SMILES string of the molecule is CN=C(NCCc1ccc(OC2CCCC2)cc1)NCCc1ccc(S(C)(=O)=O)cc1. The summed E-state index contributed by atoms with van der Waals surface area (Å²) in [5.74, 6) is 1.72. The van der Waals surface area contributed by atoms with Crippen LogP contribution in [0.4, 0.5) is 0 Å². The Labute approximate surface area is 186 Å². The largest absolute Gasteiger partial charge is 0.490 e. The van der Waals surface area contributed by atoms with Crippen molar-refractivity contribution in [3.8, 4) is 5.75 Å². The Kier molecular flexibility index (Phi) is 8.35.